The van der Waals surface area contributed by atoms with Crippen LogP contribution in [0.15, 0.2) is 30.3 Å². The number of ether oxygens (including phenoxy) is 2. The Balaban J connectivity index is 2.67. The molecule has 0 atom stereocenters. The molecule has 92 valence electrons. The predicted molar refractivity (Wildman–Crippen MR) is 67.9 cm³/mol. The summed E-state index contributed by atoms with van der Waals surface area (Å²) >= 11 is 0. The fourth-order valence-electron chi connectivity index (χ4n) is 1.25. The maximum absolute atomic E-state index is 11.4. The van der Waals surface area contributed by atoms with Crippen LogP contribution in [0.25, 0.3) is 6.08 Å². The van der Waals surface area contributed by atoms with Crippen LogP contribution in [-0.4, -0.2) is 18.7 Å². The Morgan fingerprint density at radius 2 is 2.00 bits per heavy atom. The van der Waals surface area contributed by atoms with Crippen LogP contribution in [-0.2, 0) is 9.53 Å². The highest BCUT2D eigenvalue weighted by Crippen LogP contribution is 2.14. The lowest BCUT2D eigenvalue weighted by Crippen LogP contribution is -2.22. The lowest BCUT2D eigenvalue weighted by molar-refractivity contribution is -0.148. The minimum Gasteiger partial charge on any atom is -0.497 e. The smallest absolute Gasteiger partial charge is 0.331 e. The van der Waals surface area contributed by atoms with Crippen molar-refractivity contribution in [3.8, 4) is 5.75 Å². The van der Waals surface area contributed by atoms with Gasteiger partial charge in [0.15, 0.2) is 0 Å². The van der Waals surface area contributed by atoms with E-state index in [1.807, 2.05) is 45.0 Å². The van der Waals surface area contributed by atoms with Gasteiger partial charge in [-0.15, -0.1) is 0 Å². The number of hydrogen-bond donors (Lipinski definition) is 0. The van der Waals surface area contributed by atoms with E-state index in [4.69, 9.17) is 9.47 Å². The molecule has 0 aliphatic carbocycles. The van der Waals surface area contributed by atoms with Crippen LogP contribution in [0.3, 0.4) is 0 Å². The van der Waals surface area contributed by atoms with Gasteiger partial charge >= 0.3 is 5.97 Å². The molecule has 0 spiro atoms. The van der Waals surface area contributed by atoms with Crippen molar-refractivity contribution in [2.75, 3.05) is 7.11 Å². The number of hydrogen-bond acceptors (Lipinski definition) is 3. The number of benzene rings is 1. The van der Waals surface area contributed by atoms with Crippen LogP contribution in [0.1, 0.15) is 26.3 Å². The van der Waals surface area contributed by atoms with Gasteiger partial charge in [-0.25, -0.2) is 4.79 Å². The molecule has 1 aromatic carbocycles. The Bertz CT molecular complexity index is 414. The number of carbonyl (C=O) groups excluding carboxylic acids is 1. The monoisotopic (exact) mass is 234 g/mol. The Morgan fingerprint density at radius 3 is 2.59 bits per heavy atom. The van der Waals surface area contributed by atoms with Crippen molar-refractivity contribution in [1.29, 1.82) is 0 Å². The summed E-state index contributed by atoms with van der Waals surface area (Å²) in [6.07, 6.45) is 3.12. The van der Waals surface area contributed by atoms with E-state index in [0.717, 1.165) is 11.3 Å². The fraction of sp³-hybridized carbons (Fsp3) is 0.357. The van der Waals surface area contributed by atoms with Crippen molar-refractivity contribution in [2.24, 2.45) is 0 Å². The number of methoxy groups -OCH3 is 1. The summed E-state index contributed by atoms with van der Waals surface area (Å²) in [5.74, 6) is 0.414. The lowest BCUT2D eigenvalue weighted by atomic mass is 10.2. The van der Waals surface area contributed by atoms with Gasteiger partial charge in [0, 0.05) is 6.08 Å². The highest BCUT2D eigenvalue weighted by atomic mass is 16.6. The van der Waals surface area contributed by atoms with Gasteiger partial charge in [-0.1, -0.05) is 12.1 Å². The summed E-state index contributed by atoms with van der Waals surface area (Å²) in [5, 5.41) is 0. The first kappa shape index (κ1) is 13.3. The van der Waals surface area contributed by atoms with Gasteiger partial charge in [0.2, 0.25) is 0 Å². The van der Waals surface area contributed by atoms with Crippen LogP contribution >= 0.6 is 0 Å². The van der Waals surface area contributed by atoms with E-state index in [-0.39, 0.29) is 5.97 Å². The molecule has 0 N–H and O–H groups in total. The van der Waals surface area contributed by atoms with E-state index in [2.05, 4.69) is 0 Å². The van der Waals surface area contributed by atoms with Gasteiger partial charge in [0.1, 0.15) is 11.4 Å². The second-order valence-corrected chi connectivity index (χ2v) is 4.64. The molecule has 0 bridgehead atoms. The van der Waals surface area contributed by atoms with Gasteiger partial charge in [-0.05, 0) is 44.5 Å². The molecule has 0 heterocycles. The van der Waals surface area contributed by atoms with Crippen molar-refractivity contribution in [3.63, 3.8) is 0 Å². The van der Waals surface area contributed by atoms with E-state index >= 15 is 0 Å². The van der Waals surface area contributed by atoms with Crippen molar-refractivity contribution in [2.45, 2.75) is 26.4 Å². The minimum atomic E-state index is -0.462. The van der Waals surface area contributed by atoms with E-state index < -0.39 is 5.60 Å². The molecule has 1 rings (SSSR count). The largest absolute Gasteiger partial charge is 0.497 e. The number of rotatable bonds is 3. The SMILES string of the molecule is COc1cccc(/C=C/C(=O)OC(C)(C)C)c1. The number of carbonyl (C=O) groups is 1. The van der Waals surface area contributed by atoms with Gasteiger partial charge < -0.3 is 9.47 Å². The molecule has 17 heavy (non-hydrogen) atoms. The zero-order chi connectivity index (χ0) is 12.9. The molecule has 0 saturated heterocycles. The van der Waals surface area contributed by atoms with E-state index in [1.165, 1.54) is 6.08 Å². The second kappa shape index (κ2) is 5.53. The molecule has 0 unspecified atom stereocenters. The predicted octanol–water partition coefficient (Wildman–Crippen LogP) is 3.05. The molecule has 0 amide bonds. The molecule has 3 heteroatoms. The topological polar surface area (TPSA) is 35.5 Å². The third-order valence-electron chi connectivity index (χ3n) is 1.91. The van der Waals surface area contributed by atoms with Crippen LogP contribution in [0, 0.1) is 0 Å². The van der Waals surface area contributed by atoms with Crippen LogP contribution in [0.4, 0.5) is 0 Å². The van der Waals surface area contributed by atoms with Gasteiger partial charge in [0.05, 0.1) is 7.11 Å². The van der Waals surface area contributed by atoms with E-state index in [9.17, 15) is 4.79 Å². The molecule has 0 aliphatic rings. The maximum Gasteiger partial charge on any atom is 0.331 e. The van der Waals surface area contributed by atoms with E-state index in [0.29, 0.717) is 0 Å². The van der Waals surface area contributed by atoms with Gasteiger partial charge in [-0.3, -0.25) is 0 Å². The highest BCUT2D eigenvalue weighted by Gasteiger charge is 2.13. The Morgan fingerprint density at radius 1 is 1.29 bits per heavy atom. The standard InChI is InChI=1S/C14H18O3/c1-14(2,3)17-13(15)9-8-11-6-5-7-12(10-11)16-4/h5-10H,1-4H3/b9-8+. The highest BCUT2D eigenvalue weighted by molar-refractivity contribution is 5.87. The Hall–Kier alpha value is -1.77. The second-order valence-electron chi connectivity index (χ2n) is 4.64. The molecule has 0 saturated carbocycles. The molecule has 0 fully saturated rings. The fourth-order valence-corrected chi connectivity index (χ4v) is 1.25. The zero-order valence-electron chi connectivity index (χ0n) is 10.7. The van der Waals surface area contributed by atoms with Crippen molar-refractivity contribution >= 4 is 12.0 Å². The summed E-state index contributed by atoms with van der Waals surface area (Å²) in [6, 6.07) is 7.46. The molecule has 0 aromatic heterocycles. The van der Waals surface area contributed by atoms with E-state index in [1.54, 1.807) is 13.2 Å². The average Bonchev–Trinajstić information content (AvgIpc) is 2.24. The normalized spacial score (nSPS) is 11.5. The van der Waals surface area contributed by atoms with Crippen molar-refractivity contribution in [3.05, 3.63) is 35.9 Å². The molecule has 0 radical (unpaired) electrons. The zero-order valence-corrected chi connectivity index (χ0v) is 10.7. The van der Waals surface area contributed by atoms with Crippen LogP contribution in [0.5, 0.6) is 5.75 Å². The molecular formula is C14H18O3. The van der Waals surface area contributed by atoms with Crippen LogP contribution < -0.4 is 4.74 Å². The van der Waals surface area contributed by atoms with Crippen LogP contribution in [0.2, 0.25) is 0 Å². The van der Waals surface area contributed by atoms with Gasteiger partial charge in [-0.2, -0.15) is 0 Å². The first-order chi connectivity index (χ1) is 7.90. The molecule has 3 nitrogen and oxygen atoms in total. The maximum atomic E-state index is 11.4. The lowest BCUT2D eigenvalue weighted by Gasteiger charge is -2.17. The van der Waals surface area contributed by atoms with Gasteiger partial charge in [0.25, 0.3) is 0 Å². The Kier molecular flexibility index (Phi) is 4.32. The first-order valence-corrected chi connectivity index (χ1v) is 5.46. The summed E-state index contributed by atoms with van der Waals surface area (Å²) in [5.41, 5.74) is 0.436. The minimum absolute atomic E-state index is 0.347. The first-order valence-electron chi connectivity index (χ1n) is 5.46. The number of esters is 1. The van der Waals surface area contributed by atoms with Crippen molar-refractivity contribution in [1.82, 2.24) is 0 Å². The summed E-state index contributed by atoms with van der Waals surface area (Å²) in [4.78, 5) is 11.4. The van der Waals surface area contributed by atoms with Crippen molar-refractivity contribution < 1.29 is 14.3 Å². The summed E-state index contributed by atoms with van der Waals surface area (Å²) < 4.78 is 10.3. The molecule has 1 aromatic rings. The molecular weight excluding hydrogens is 216 g/mol. The third-order valence-corrected chi connectivity index (χ3v) is 1.91. The summed E-state index contributed by atoms with van der Waals surface area (Å²) in [7, 11) is 1.61. The molecule has 0 aliphatic heterocycles. The quantitative estimate of drug-likeness (QED) is 0.595. The Labute approximate surface area is 102 Å². The summed E-state index contributed by atoms with van der Waals surface area (Å²) in [6.45, 7) is 5.51. The average molecular weight is 234 g/mol. The third kappa shape index (κ3) is 5.20.